The fraction of sp³-hybridized carbons (Fsp3) is 1.00. The molecule has 5 nitrogen and oxygen atoms in total. The number of alkyl halides is 1. The molecule has 1 saturated heterocycles. The van der Waals surface area contributed by atoms with E-state index in [1.165, 1.54) is 21.3 Å². The Labute approximate surface area is 88.1 Å². The van der Waals surface area contributed by atoms with E-state index < -0.39 is 30.8 Å². The lowest BCUT2D eigenvalue weighted by atomic mass is 10.0. The highest BCUT2D eigenvalue weighted by Gasteiger charge is 2.46. The first-order chi connectivity index (χ1) is 7.15. The Bertz CT molecular complexity index is 191. The van der Waals surface area contributed by atoms with Gasteiger partial charge < -0.3 is 24.1 Å². The number of aliphatic hydroxyl groups excluding tert-OH is 1. The zero-order chi connectivity index (χ0) is 11.4. The monoisotopic (exact) mass is 224 g/mol. The van der Waals surface area contributed by atoms with Crippen molar-refractivity contribution >= 4 is 0 Å². The summed E-state index contributed by atoms with van der Waals surface area (Å²) >= 11 is 0. The SMILES string of the molecule is COCC1OC(O)C(OC)C(OC)C1F. The smallest absolute Gasteiger partial charge is 0.184 e. The summed E-state index contributed by atoms with van der Waals surface area (Å²) < 4.78 is 33.5. The predicted molar refractivity (Wildman–Crippen MR) is 49.2 cm³/mol. The average molecular weight is 224 g/mol. The van der Waals surface area contributed by atoms with Crippen molar-refractivity contribution in [1.29, 1.82) is 0 Å². The molecule has 1 heterocycles. The molecule has 5 atom stereocenters. The first kappa shape index (κ1) is 12.8. The quantitative estimate of drug-likeness (QED) is 0.711. The number of rotatable bonds is 4. The Morgan fingerprint density at radius 1 is 1.20 bits per heavy atom. The van der Waals surface area contributed by atoms with Gasteiger partial charge in [-0.05, 0) is 0 Å². The minimum absolute atomic E-state index is 0.0640. The van der Waals surface area contributed by atoms with Crippen LogP contribution in [0.5, 0.6) is 0 Å². The second kappa shape index (κ2) is 5.72. The van der Waals surface area contributed by atoms with Crippen molar-refractivity contribution in [2.45, 2.75) is 30.8 Å². The number of halogens is 1. The van der Waals surface area contributed by atoms with Gasteiger partial charge in [0.25, 0.3) is 0 Å². The van der Waals surface area contributed by atoms with E-state index in [2.05, 4.69) is 0 Å². The molecule has 5 unspecified atom stereocenters. The lowest BCUT2D eigenvalue weighted by Crippen LogP contribution is -2.58. The summed E-state index contributed by atoms with van der Waals surface area (Å²) in [5.41, 5.74) is 0. The molecular formula is C9H17FO5. The van der Waals surface area contributed by atoms with Gasteiger partial charge in [0.1, 0.15) is 18.3 Å². The molecule has 0 radical (unpaired) electrons. The van der Waals surface area contributed by atoms with Crippen LogP contribution in [0.15, 0.2) is 0 Å². The third-order valence-corrected chi connectivity index (χ3v) is 2.46. The molecule has 1 N–H and O–H groups in total. The normalized spacial score (nSPS) is 41.8. The first-order valence-corrected chi connectivity index (χ1v) is 4.67. The van der Waals surface area contributed by atoms with Crippen LogP contribution in [0.1, 0.15) is 0 Å². The van der Waals surface area contributed by atoms with Crippen molar-refractivity contribution < 1.29 is 28.4 Å². The van der Waals surface area contributed by atoms with E-state index in [9.17, 15) is 9.50 Å². The van der Waals surface area contributed by atoms with Crippen molar-refractivity contribution in [1.82, 2.24) is 0 Å². The van der Waals surface area contributed by atoms with E-state index in [0.29, 0.717) is 0 Å². The summed E-state index contributed by atoms with van der Waals surface area (Å²) in [6.07, 6.45) is -5.09. The van der Waals surface area contributed by atoms with Crippen LogP contribution < -0.4 is 0 Å². The largest absolute Gasteiger partial charge is 0.382 e. The van der Waals surface area contributed by atoms with Gasteiger partial charge in [-0.2, -0.15) is 0 Å². The van der Waals surface area contributed by atoms with Gasteiger partial charge in [-0.1, -0.05) is 0 Å². The molecule has 15 heavy (non-hydrogen) atoms. The minimum Gasteiger partial charge on any atom is -0.382 e. The number of methoxy groups -OCH3 is 3. The summed E-state index contributed by atoms with van der Waals surface area (Å²) in [5, 5.41) is 9.54. The topological polar surface area (TPSA) is 57.2 Å². The second-order valence-electron chi connectivity index (χ2n) is 3.37. The summed E-state index contributed by atoms with van der Waals surface area (Å²) in [6, 6.07) is 0. The van der Waals surface area contributed by atoms with E-state index in [1.807, 2.05) is 0 Å². The maximum atomic E-state index is 13.8. The molecule has 0 spiro atoms. The van der Waals surface area contributed by atoms with Gasteiger partial charge in [-0.15, -0.1) is 0 Å². The van der Waals surface area contributed by atoms with Crippen LogP contribution in [-0.2, 0) is 18.9 Å². The molecule has 1 aliphatic rings. The molecule has 0 aromatic rings. The maximum absolute atomic E-state index is 13.8. The Hall–Kier alpha value is -0.270. The van der Waals surface area contributed by atoms with Crippen molar-refractivity contribution in [3.8, 4) is 0 Å². The highest BCUT2D eigenvalue weighted by molar-refractivity contribution is 4.90. The molecular weight excluding hydrogens is 207 g/mol. The van der Waals surface area contributed by atoms with Crippen molar-refractivity contribution in [3.05, 3.63) is 0 Å². The zero-order valence-electron chi connectivity index (χ0n) is 9.05. The first-order valence-electron chi connectivity index (χ1n) is 4.67. The van der Waals surface area contributed by atoms with Crippen molar-refractivity contribution in [2.24, 2.45) is 0 Å². The third kappa shape index (κ3) is 2.64. The molecule has 0 bridgehead atoms. The van der Waals surface area contributed by atoms with Gasteiger partial charge in [-0.3, -0.25) is 0 Å². The van der Waals surface area contributed by atoms with Crippen LogP contribution in [0.3, 0.4) is 0 Å². The van der Waals surface area contributed by atoms with Crippen LogP contribution in [0, 0.1) is 0 Å². The van der Waals surface area contributed by atoms with Crippen LogP contribution >= 0.6 is 0 Å². The van der Waals surface area contributed by atoms with E-state index in [0.717, 1.165) is 0 Å². The fourth-order valence-electron chi connectivity index (χ4n) is 1.70. The molecule has 1 rings (SSSR count). The zero-order valence-corrected chi connectivity index (χ0v) is 9.05. The summed E-state index contributed by atoms with van der Waals surface area (Å²) in [6.45, 7) is 0.0640. The van der Waals surface area contributed by atoms with Crippen LogP contribution in [0.4, 0.5) is 4.39 Å². The van der Waals surface area contributed by atoms with Crippen molar-refractivity contribution in [3.63, 3.8) is 0 Å². The van der Waals surface area contributed by atoms with Crippen LogP contribution in [0.25, 0.3) is 0 Å². The Morgan fingerprint density at radius 3 is 2.27 bits per heavy atom. The highest BCUT2D eigenvalue weighted by Crippen LogP contribution is 2.26. The molecule has 90 valence electrons. The molecule has 0 aromatic heterocycles. The fourth-order valence-corrected chi connectivity index (χ4v) is 1.70. The van der Waals surface area contributed by atoms with E-state index in [1.54, 1.807) is 0 Å². The molecule has 0 saturated carbocycles. The molecule has 1 fully saturated rings. The van der Waals surface area contributed by atoms with E-state index >= 15 is 0 Å². The Kier molecular flexibility index (Phi) is 4.88. The lowest BCUT2D eigenvalue weighted by molar-refractivity contribution is -0.285. The van der Waals surface area contributed by atoms with Crippen LogP contribution in [0.2, 0.25) is 0 Å². The molecule has 0 amide bonds. The standard InChI is InChI=1S/C9H17FO5/c1-12-4-5-6(10)7(13-2)8(14-3)9(11)15-5/h5-9,11H,4H2,1-3H3. The van der Waals surface area contributed by atoms with Gasteiger partial charge in [0.15, 0.2) is 12.5 Å². The number of hydrogen-bond acceptors (Lipinski definition) is 5. The summed E-state index contributed by atoms with van der Waals surface area (Å²) in [7, 11) is 4.17. The highest BCUT2D eigenvalue weighted by atomic mass is 19.1. The van der Waals surface area contributed by atoms with Gasteiger partial charge in [-0.25, -0.2) is 4.39 Å². The second-order valence-corrected chi connectivity index (χ2v) is 3.37. The van der Waals surface area contributed by atoms with Crippen LogP contribution in [-0.4, -0.2) is 63.8 Å². The summed E-state index contributed by atoms with van der Waals surface area (Å²) in [5.74, 6) is 0. The maximum Gasteiger partial charge on any atom is 0.184 e. The van der Waals surface area contributed by atoms with E-state index in [-0.39, 0.29) is 6.61 Å². The Balaban J connectivity index is 2.70. The minimum atomic E-state index is -1.39. The van der Waals surface area contributed by atoms with E-state index in [4.69, 9.17) is 18.9 Å². The predicted octanol–water partition coefficient (Wildman–Crippen LogP) is -0.282. The lowest BCUT2D eigenvalue weighted by Gasteiger charge is -2.40. The van der Waals surface area contributed by atoms with Gasteiger partial charge in [0.05, 0.1) is 6.61 Å². The molecule has 1 aliphatic heterocycles. The third-order valence-electron chi connectivity index (χ3n) is 2.46. The average Bonchev–Trinajstić information content (AvgIpc) is 2.22. The summed E-state index contributed by atoms with van der Waals surface area (Å²) in [4.78, 5) is 0. The Morgan fingerprint density at radius 2 is 1.80 bits per heavy atom. The van der Waals surface area contributed by atoms with Crippen molar-refractivity contribution in [2.75, 3.05) is 27.9 Å². The number of ether oxygens (including phenoxy) is 4. The number of hydrogen-bond donors (Lipinski definition) is 1. The molecule has 6 heteroatoms. The van der Waals surface area contributed by atoms with Gasteiger partial charge in [0, 0.05) is 21.3 Å². The molecule has 0 aliphatic carbocycles. The van der Waals surface area contributed by atoms with Gasteiger partial charge >= 0.3 is 0 Å². The van der Waals surface area contributed by atoms with Gasteiger partial charge in [0.2, 0.25) is 0 Å². The molecule has 0 aromatic carbocycles. The number of aliphatic hydroxyl groups is 1.